The van der Waals surface area contributed by atoms with E-state index in [0.29, 0.717) is 6.42 Å². The van der Waals surface area contributed by atoms with Crippen molar-refractivity contribution in [3.05, 3.63) is 36.3 Å². The van der Waals surface area contributed by atoms with Gasteiger partial charge in [-0.15, -0.1) is 5.10 Å². The number of nitrogen functional groups attached to an aromatic ring is 1. The van der Waals surface area contributed by atoms with Crippen molar-refractivity contribution in [3.8, 4) is 5.75 Å². The third-order valence-corrected chi connectivity index (χ3v) is 3.94. The van der Waals surface area contributed by atoms with Gasteiger partial charge in [-0.05, 0) is 38.0 Å². The first-order valence-electron chi connectivity index (χ1n) is 7.96. The summed E-state index contributed by atoms with van der Waals surface area (Å²) in [6.07, 6.45) is 4.09. The predicted molar refractivity (Wildman–Crippen MR) is 95.2 cm³/mol. The fraction of sp³-hybridized carbons (Fsp3) is 0.353. The Bertz CT molecular complexity index is 896. The molecule has 0 saturated carbocycles. The number of aromatic nitrogens is 4. The van der Waals surface area contributed by atoms with Gasteiger partial charge >= 0.3 is 0 Å². The van der Waals surface area contributed by atoms with Crippen LogP contribution < -0.4 is 15.8 Å². The summed E-state index contributed by atoms with van der Waals surface area (Å²) in [5.74, 6) is 0.818. The van der Waals surface area contributed by atoms with Crippen molar-refractivity contribution < 1.29 is 9.53 Å². The fourth-order valence-corrected chi connectivity index (χ4v) is 2.91. The Morgan fingerprint density at radius 1 is 1.44 bits per heavy atom. The second kappa shape index (κ2) is 6.46. The highest BCUT2D eigenvalue weighted by molar-refractivity contribution is 5.84. The van der Waals surface area contributed by atoms with Crippen molar-refractivity contribution in [1.82, 2.24) is 25.1 Å². The smallest absolute Gasteiger partial charge is 0.242 e. The average Bonchev–Trinajstić information content (AvgIpc) is 3.12. The van der Waals surface area contributed by atoms with E-state index < -0.39 is 5.54 Å². The minimum Gasteiger partial charge on any atom is -0.497 e. The Morgan fingerprint density at radius 2 is 2.24 bits per heavy atom. The summed E-state index contributed by atoms with van der Waals surface area (Å²) in [7, 11) is 1.65. The number of rotatable bonds is 6. The predicted octanol–water partition coefficient (Wildman–Crippen LogP) is 1.49. The molecule has 4 N–H and O–H groups in total. The number of amides is 1. The first-order valence-corrected chi connectivity index (χ1v) is 7.96. The number of nitrogens with two attached hydrogens (primary N) is 1. The number of nitrogens with one attached hydrogen (secondary N) is 2. The van der Waals surface area contributed by atoms with Crippen LogP contribution in [0.3, 0.4) is 0 Å². The molecule has 0 radical (unpaired) electrons. The van der Waals surface area contributed by atoms with Crippen LogP contribution in [0.25, 0.3) is 10.9 Å². The molecule has 0 bridgehead atoms. The molecule has 1 amide bonds. The van der Waals surface area contributed by atoms with Gasteiger partial charge in [-0.25, -0.2) is 9.67 Å². The Kier molecular flexibility index (Phi) is 4.35. The highest BCUT2D eigenvalue weighted by Gasteiger charge is 2.23. The number of carbonyl (C=O) groups excluding carboxylic acids is 1. The van der Waals surface area contributed by atoms with Gasteiger partial charge in [-0.3, -0.25) is 4.79 Å². The van der Waals surface area contributed by atoms with E-state index in [4.69, 9.17) is 10.5 Å². The molecule has 0 saturated heterocycles. The van der Waals surface area contributed by atoms with E-state index in [0.717, 1.165) is 22.2 Å². The molecule has 132 valence electrons. The molecule has 2 aromatic heterocycles. The number of aromatic amines is 1. The zero-order valence-electron chi connectivity index (χ0n) is 14.5. The minimum atomic E-state index is -0.418. The van der Waals surface area contributed by atoms with Crippen LogP contribution >= 0.6 is 0 Å². The number of hydrogen-bond acceptors (Lipinski definition) is 5. The molecule has 2 heterocycles. The Hall–Kier alpha value is -3.03. The number of methoxy groups -OCH3 is 1. The lowest BCUT2D eigenvalue weighted by atomic mass is 9.94. The van der Waals surface area contributed by atoms with Crippen LogP contribution in [0.1, 0.15) is 19.4 Å². The Balaban J connectivity index is 1.69. The van der Waals surface area contributed by atoms with Crippen LogP contribution in [0.15, 0.2) is 30.7 Å². The van der Waals surface area contributed by atoms with E-state index in [2.05, 4.69) is 20.4 Å². The Morgan fingerprint density at radius 3 is 2.92 bits per heavy atom. The van der Waals surface area contributed by atoms with Gasteiger partial charge in [-0.2, -0.15) is 0 Å². The summed E-state index contributed by atoms with van der Waals surface area (Å²) in [6.45, 7) is 4.06. The van der Waals surface area contributed by atoms with E-state index >= 15 is 0 Å². The maximum Gasteiger partial charge on any atom is 0.242 e. The van der Waals surface area contributed by atoms with E-state index in [1.807, 2.05) is 38.2 Å². The van der Waals surface area contributed by atoms with Crippen molar-refractivity contribution >= 4 is 22.8 Å². The molecule has 8 heteroatoms. The zero-order chi connectivity index (χ0) is 18.0. The molecular weight excluding hydrogens is 320 g/mol. The molecule has 0 spiro atoms. The van der Waals surface area contributed by atoms with Gasteiger partial charge in [-0.1, -0.05) is 0 Å². The molecule has 3 aromatic rings. The van der Waals surface area contributed by atoms with Gasteiger partial charge in [0, 0.05) is 28.7 Å². The molecule has 0 fully saturated rings. The van der Waals surface area contributed by atoms with Crippen molar-refractivity contribution in [2.24, 2.45) is 0 Å². The summed E-state index contributed by atoms with van der Waals surface area (Å²) >= 11 is 0. The monoisotopic (exact) mass is 342 g/mol. The minimum absolute atomic E-state index is 0.0821. The third kappa shape index (κ3) is 3.90. The second-order valence-electron chi connectivity index (χ2n) is 6.63. The van der Waals surface area contributed by atoms with Crippen LogP contribution in [0.2, 0.25) is 0 Å². The number of H-pyrrole nitrogens is 1. The lowest BCUT2D eigenvalue weighted by Crippen LogP contribution is -2.46. The Labute approximate surface area is 145 Å². The molecule has 3 rings (SSSR count). The molecular formula is C17H22N6O2. The topological polar surface area (TPSA) is 111 Å². The van der Waals surface area contributed by atoms with E-state index in [-0.39, 0.29) is 18.4 Å². The van der Waals surface area contributed by atoms with Crippen molar-refractivity contribution in [3.63, 3.8) is 0 Å². The molecule has 0 aliphatic rings. The molecule has 0 aliphatic carbocycles. The van der Waals surface area contributed by atoms with Gasteiger partial charge in [0.05, 0.1) is 7.11 Å². The van der Waals surface area contributed by atoms with E-state index in [1.54, 1.807) is 7.11 Å². The van der Waals surface area contributed by atoms with Crippen molar-refractivity contribution in [1.29, 1.82) is 0 Å². The first kappa shape index (κ1) is 16.8. The standard InChI is InChI=1S/C17H22N6O2/c1-17(2,21-15(24)9-23-10-20-16(18)22-23)7-11-8-19-14-6-12(25-3)4-5-13(11)14/h4-6,8,10,19H,7,9H2,1-3H3,(H2,18,22)(H,21,24). The SMILES string of the molecule is COc1ccc2c(CC(C)(C)NC(=O)Cn3cnc(N)n3)c[nH]c2c1. The lowest BCUT2D eigenvalue weighted by Gasteiger charge is -2.26. The largest absolute Gasteiger partial charge is 0.497 e. The molecule has 25 heavy (non-hydrogen) atoms. The number of benzene rings is 1. The maximum atomic E-state index is 12.2. The maximum absolute atomic E-state index is 12.2. The number of anilines is 1. The van der Waals surface area contributed by atoms with Gasteiger partial charge in [0.25, 0.3) is 0 Å². The fourth-order valence-electron chi connectivity index (χ4n) is 2.91. The summed E-state index contributed by atoms with van der Waals surface area (Å²) < 4.78 is 6.66. The van der Waals surface area contributed by atoms with Crippen LogP contribution in [0.4, 0.5) is 5.95 Å². The number of fused-ring (bicyclic) bond motifs is 1. The van der Waals surface area contributed by atoms with Gasteiger partial charge in [0.1, 0.15) is 18.6 Å². The van der Waals surface area contributed by atoms with E-state index in [1.165, 1.54) is 11.0 Å². The quantitative estimate of drug-likeness (QED) is 0.628. The molecule has 8 nitrogen and oxygen atoms in total. The molecule has 0 atom stereocenters. The molecule has 1 aromatic carbocycles. The van der Waals surface area contributed by atoms with Gasteiger partial charge < -0.3 is 20.8 Å². The number of hydrogen-bond donors (Lipinski definition) is 3. The van der Waals surface area contributed by atoms with Crippen LogP contribution in [0.5, 0.6) is 5.75 Å². The van der Waals surface area contributed by atoms with Crippen molar-refractivity contribution in [2.75, 3.05) is 12.8 Å². The number of carbonyl (C=O) groups is 1. The first-order chi connectivity index (χ1) is 11.9. The van der Waals surface area contributed by atoms with E-state index in [9.17, 15) is 4.79 Å². The number of ether oxygens (including phenoxy) is 1. The average molecular weight is 342 g/mol. The number of nitrogens with zero attached hydrogens (tertiary/aromatic N) is 3. The van der Waals surface area contributed by atoms with Gasteiger partial charge in [0.15, 0.2) is 0 Å². The molecule has 0 unspecified atom stereocenters. The normalized spacial score (nSPS) is 11.6. The zero-order valence-corrected chi connectivity index (χ0v) is 14.5. The highest BCUT2D eigenvalue weighted by atomic mass is 16.5. The highest BCUT2D eigenvalue weighted by Crippen LogP contribution is 2.26. The summed E-state index contributed by atoms with van der Waals surface area (Å²) in [5.41, 5.74) is 7.18. The van der Waals surface area contributed by atoms with Crippen molar-refractivity contribution in [2.45, 2.75) is 32.4 Å². The van der Waals surface area contributed by atoms with Gasteiger partial charge in [0.2, 0.25) is 11.9 Å². The molecule has 0 aliphatic heterocycles. The lowest BCUT2D eigenvalue weighted by molar-refractivity contribution is -0.123. The van der Waals surface area contributed by atoms with Crippen LogP contribution in [-0.4, -0.2) is 38.3 Å². The van der Waals surface area contributed by atoms with Crippen LogP contribution in [0, 0.1) is 0 Å². The van der Waals surface area contributed by atoms with Crippen LogP contribution in [-0.2, 0) is 17.8 Å². The third-order valence-electron chi connectivity index (χ3n) is 3.94. The summed E-state index contributed by atoms with van der Waals surface area (Å²) in [6, 6.07) is 5.91. The summed E-state index contributed by atoms with van der Waals surface area (Å²) in [4.78, 5) is 19.3. The second-order valence-corrected chi connectivity index (χ2v) is 6.63. The summed E-state index contributed by atoms with van der Waals surface area (Å²) in [5, 5.41) is 8.07.